The highest BCUT2D eigenvalue weighted by molar-refractivity contribution is 5.38. The lowest BCUT2D eigenvalue weighted by molar-refractivity contribution is 0.506. The zero-order valence-corrected chi connectivity index (χ0v) is 16.6. The summed E-state index contributed by atoms with van der Waals surface area (Å²) in [4.78, 5) is 0. The maximum absolute atomic E-state index is 8.66. The summed E-state index contributed by atoms with van der Waals surface area (Å²) in [6.07, 6.45) is 13.4. The summed E-state index contributed by atoms with van der Waals surface area (Å²) in [6.45, 7) is 2.24. The quantitative estimate of drug-likeness (QED) is 0.306. The molecule has 0 aromatic heterocycles. The van der Waals surface area contributed by atoms with Gasteiger partial charge in [-0.3, -0.25) is 0 Å². The van der Waals surface area contributed by atoms with Gasteiger partial charge in [-0.15, -0.1) is 10.5 Å². The van der Waals surface area contributed by atoms with Crippen LogP contribution in [-0.4, -0.2) is 0 Å². The van der Waals surface area contributed by atoms with E-state index in [1.54, 1.807) is 12.5 Å². The van der Waals surface area contributed by atoms with Gasteiger partial charge in [0.25, 0.3) is 12.5 Å². The first-order valence-electron chi connectivity index (χ1n) is 10.1. The molecular weight excluding hydrogens is 348 g/mol. The van der Waals surface area contributed by atoms with Gasteiger partial charge in [-0.1, -0.05) is 76.1 Å². The van der Waals surface area contributed by atoms with E-state index in [1.165, 1.54) is 56.1 Å². The molecule has 146 valence electrons. The number of hydrogen-bond donors (Lipinski definition) is 0. The van der Waals surface area contributed by atoms with Gasteiger partial charge in [-0.05, 0) is 41.8 Å². The molecule has 0 heterocycles. The van der Waals surface area contributed by atoms with Gasteiger partial charge in [-0.2, -0.15) is 0 Å². The average Bonchev–Trinajstić information content (AvgIpc) is 2.72. The van der Waals surface area contributed by atoms with Crippen molar-refractivity contribution in [2.75, 3.05) is 0 Å². The highest BCUT2D eigenvalue weighted by Crippen LogP contribution is 2.32. The van der Waals surface area contributed by atoms with E-state index in [0.717, 1.165) is 6.42 Å². The van der Waals surface area contributed by atoms with Gasteiger partial charge in [-0.25, -0.2) is 0 Å². The van der Waals surface area contributed by atoms with E-state index in [0.29, 0.717) is 11.5 Å². The fourth-order valence-corrected chi connectivity index (χ4v) is 3.47. The van der Waals surface area contributed by atoms with E-state index in [9.17, 15) is 0 Å². The molecule has 0 unspecified atom stereocenters. The summed E-state index contributed by atoms with van der Waals surface area (Å²) in [5.41, 5.74) is 2.40. The Morgan fingerprint density at radius 2 is 1.11 bits per heavy atom. The van der Waals surface area contributed by atoms with E-state index in [4.69, 9.17) is 20.0 Å². The fraction of sp³-hybridized carbons (Fsp3) is 0.417. The maximum Gasteiger partial charge on any atom is 0.292 e. The Hall–Kier alpha value is -2.98. The number of nitrogens with zero attached hydrogens (tertiary/aromatic N) is 2. The maximum atomic E-state index is 8.66. The van der Waals surface area contributed by atoms with E-state index in [2.05, 4.69) is 6.92 Å². The molecule has 0 aliphatic rings. The average molecular weight is 377 g/mol. The molecule has 0 radical (unpaired) electrons. The highest BCUT2D eigenvalue weighted by Gasteiger charge is 2.14. The van der Waals surface area contributed by atoms with Crippen molar-refractivity contribution in [2.45, 2.75) is 64.2 Å². The largest absolute Gasteiger partial charge is 0.388 e. The minimum absolute atomic E-state index is 0.267. The predicted octanol–water partition coefficient (Wildman–Crippen LogP) is 6.68. The van der Waals surface area contributed by atoms with Crippen LogP contribution >= 0.6 is 0 Å². The van der Waals surface area contributed by atoms with Gasteiger partial charge < -0.3 is 9.47 Å². The Balaban J connectivity index is 2.05. The number of ether oxygens (including phenoxy) is 2. The predicted molar refractivity (Wildman–Crippen MR) is 110 cm³/mol. The van der Waals surface area contributed by atoms with Crippen LogP contribution < -0.4 is 9.47 Å². The minimum atomic E-state index is 0.267. The summed E-state index contributed by atoms with van der Waals surface area (Å²) in [5, 5.41) is 17.3. The van der Waals surface area contributed by atoms with Gasteiger partial charge in [0.05, 0.1) is 0 Å². The topological polar surface area (TPSA) is 66.0 Å². The number of unbranched alkanes of at least 4 members (excludes halogenated alkanes) is 6. The third kappa shape index (κ3) is 6.97. The van der Waals surface area contributed by atoms with Crippen LogP contribution in [0.4, 0.5) is 0 Å². The van der Waals surface area contributed by atoms with Crippen molar-refractivity contribution in [1.82, 2.24) is 0 Å². The van der Waals surface area contributed by atoms with Crippen molar-refractivity contribution < 1.29 is 9.47 Å². The molecule has 0 atom stereocenters. The summed E-state index contributed by atoms with van der Waals surface area (Å²) in [6, 6.07) is 15.5. The zero-order chi connectivity index (χ0) is 20.0. The van der Waals surface area contributed by atoms with Crippen LogP contribution in [0.25, 0.3) is 0 Å². The molecule has 0 amide bonds. The Morgan fingerprint density at radius 3 is 1.54 bits per heavy atom. The second-order valence-electron chi connectivity index (χ2n) is 6.99. The van der Waals surface area contributed by atoms with Gasteiger partial charge >= 0.3 is 0 Å². The van der Waals surface area contributed by atoms with Crippen molar-refractivity contribution in [2.24, 2.45) is 0 Å². The second kappa shape index (κ2) is 12.4. The Kier molecular flexibility index (Phi) is 9.45. The molecule has 4 heteroatoms. The molecule has 2 aromatic carbocycles. The van der Waals surface area contributed by atoms with E-state index >= 15 is 0 Å². The number of benzene rings is 2. The molecule has 0 bridgehead atoms. The van der Waals surface area contributed by atoms with E-state index < -0.39 is 0 Å². The molecule has 0 aliphatic heterocycles. The minimum Gasteiger partial charge on any atom is -0.388 e. The summed E-state index contributed by atoms with van der Waals surface area (Å²) in [5.74, 6) is 1.38. The Bertz CT molecular complexity index is 711. The molecule has 4 nitrogen and oxygen atoms in total. The summed E-state index contributed by atoms with van der Waals surface area (Å²) in [7, 11) is 0. The van der Waals surface area contributed by atoms with Gasteiger partial charge in [0.1, 0.15) is 11.5 Å². The number of hydrogen-bond acceptors (Lipinski definition) is 4. The van der Waals surface area contributed by atoms with Crippen molar-refractivity contribution in [3.63, 3.8) is 0 Å². The number of rotatable bonds is 12. The van der Waals surface area contributed by atoms with Crippen LogP contribution in [0.2, 0.25) is 0 Å². The standard InChI is InChI=1S/C24H28N2O2/c1-2-3-4-5-6-7-8-9-24(20-10-14-22(15-11-20)27-18-25)21-12-16-23(17-13-21)28-19-26/h10-17,24H,2-9H2,1H3. The molecule has 0 fully saturated rings. The van der Waals surface area contributed by atoms with E-state index in [-0.39, 0.29) is 5.92 Å². The lowest BCUT2D eigenvalue weighted by atomic mass is 9.86. The van der Waals surface area contributed by atoms with Crippen molar-refractivity contribution in [3.8, 4) is 24.0 Å². The van der Waals surface area contributed by atoms with Crippen LogP contribution in [0.1, 0.15) is 75.3 Å². The number of nitriles is 2. The lowest BCUT2D eigenvalue weighted by Gasteiger charge is -2.18. The molecule has 2 rings (SSSR count). The molecule has 0 spiro atoms. The molecule has 0 saturated carbocycles. The lowest BCUT2D eigenvalue weighted by Crippen LogP contribution is -2.02. The Morgan fingerprint density at radius 1 is 0.679 bits per heavy atom. The van der Waals surface area contributed by atoms with Gasteiger partial charge in [0, 0.05) is 5.92 Å². The monoisotopic (exact) mass is 376 g/mol. The first-order chi connectivity index (χ1) is 13.8. The first-order valence-corrected chi connectivity index (χ1v) is 10.1. The van der Waals surface area contributed by atoms with Crippen LogP contribution in [0.15, 0.2) is 48.5 Å². The van der Waals surface area contributed by atoms with Crippen molar-refractivity contribution in [3.05, 3.63) is 59.7 Å². The molecule has 0 aliphatic carbocycles. The molecule has 0 N–H and O–H groups in total. The first kappa shape index (κ1) is 21.3. The smallest absolute Gasteiger partial charge is 0.292 e. The van der Waals surface area contributed by atoms with Crippen LogP contribution in [0, 0.1) is 23.0 Å². The van der Waals surface area contributed by atoms with Crippen LogP contribution in [0.3, 0.4) is 0 Å². The molecular formula is C24H28N2O2. The van der Waals surface area contributed by atoms with Crippen LogP contribution in [-0.2, 0) is 0 Å². The third-order valence-electron chi connectivity index (χ3n) is 4.99. The van der Waals surface area contributed by atoms with Gasteiger partial charge in [0.15, 0.2) is 0 Å². The third-order valence-corrected chi connectivity index (χ3v) is 4.99. The molecule has 0 saturated heterocycles. The van der Waals surface area contributed by atoms with Gasteiger partial charge in [0.2, 0.25) is 0 Å². The SMILES string of the molecule is CCCCCCCCCC(c1ccc(OC#N)cc1)c1ccc(OC#N)cc1. The van der Waals surface area contributed by atoms with Crippen LogP contribution in [0.5, 0.6) is 11.5 Å². The van der Waals surface area contributed by atoms with Crippen molar-refractivity contribution in [1.29, 1.82) is 10.5 Å². The summed E-state index contributed by atoms with van der Waals surface area (Å²) >= 11 is 0. The van der Waals surface area contributed by atoms with E-state index in [1.807, 2.05) is 48.5 Å². The second-order valence-corrected chi connectivity index (χ2v) is 6.99. The highest BCUT2D eigenvalue weighted by atomic mass is 16.5. The normalized spacial score (nSPS) is 10.3. The molecule has 28 heavy (non-hydrogen) atoms. The van der Waals surface area contributed by atoms with Crippen molar-refractivity contribution >= 4 is 0 Å². The fourth-order valence-electron chi connectivity index (χ4n) is 3.47. The summed E-state index contributed by atoms with van der Waals surface area (Å²) < 4.78 is 9.79. The molecule has 2 aromatic rings. The zero-order valence-electron chi connectivity index (χ0n) is 16.6. The Labute approximate surface area is 168 Å².